The molecule has 0 bridgehead atoms. The van der Waals surface area contributed by atoms with Crippen molar-refractivity contribution in [3.05, 3.63) is 28.8 Å². The van der Waals surface area contributed by atoms with E-state index in [4.69, 9.17) is 34.4 Å². The van der Waals surface area contributed by atoms with E-state index in [-0.39, 0.29) is 0 Å². The number of hydrogen-bond donors (Lipinski definition) is 0. The fourth-order valence-electron chi connectivity index (χ4n) is 1.43. The van der Waals surface area contributed by atoms with E-state index in [1.807, 2.05) is 19.1 Å². The molecule has 0 radical (unpaired) electrons. The van der Waals surface area contributed by atoms with Crippen LogP contribution in [-0.2, 0) is 11.8 Å². The van der Waals surface area contributed by atoms with Crippen LogP contribution in [0.3, 0.4) is 0 Å². The Morgan fingerprint density at radius 2 is 1.50 bits per heavy atom. The minimum Gasteiger partial charge on any atom is -0.406 e. The van der Waals surface area contributed by atoms with Crippen molar-refractivity contribution >= 4 is 23.2 Å². The maximum absolute atomic E-state index is 5.89. The second kappa shape index (κ2) is 10.2. The Hall–Kier alpha value is -2.60. The minimum absolute atomic E-state index is 0.325. The summed E-state index contributed by atoms with van der Waals surface area (Å²) in [7, 11) is 0. The Kier molecular flexibility index (Phi) is 8.07. The first kappa shape index (κ1) is 17.5. The quantitative estimate of drug-likeness (QED) is 0.611. The van der Waals surface area contributed by atoms with Gasteiger partial charge in [0.2, 0.25) is 0 Å². The Morgan fingerprint density at radius 1 is 0.909 bits per heavy atom. The number of terminal acetylenes is 1. The molecule has 0 aromatic heterocycles. The zero-order valence-corrected chi connectivity index (χ0v) is 13.3. The van der Waals surface area contributed by atoms with E-state index in [2.05, 4.69) is 53.5 Å². The SMILES string of the molecule is C#CC#CC#CC#CC#COc1cc(CCl)c(C)cc1CCl. The van der Waals surface area contributed by atoms with Gasteiger partial charge in [0.05, 0.1) is 5.88 Å². The van der Waals surface area contributed by atoms with Gasteiger partial charge in [-0.25, -0.2) is 0 Å². The van der Waals surface area contributed by atoms with Crippen molar-refractivity contribution in [3.8, 4) is 65.6 Å². The zero-order chi connectivity index (χ0) is 16.2. The molecule has 0 heterocycles. The van der Waals surface area contributed by atoms with Gasteiger partial charge in [0.15, 0.2) is 0 Å². The zero-order valence-electron chi connectivity index (χ0n) is 11.8. The highest BCUT2D eigenvalue weighted by atomic mass is 35.5. The van der Waals surface area contributed by atoms with Crippen molar-refractivity contribution in [2.45, 2.75) is 18.7 Å². The maximum atomic E-state index is 5.89. The van der Waals surface area contributed by atoms with Crippen molar-refractivity contribution in [1.82, 2.24) is 0 Å². The molecule has 3 heteroatoms. The highest BCUT2D eigenvalue weighted by Crippen LogP contribution is 2.26. The van der Waals surface area contributed by atoms with E-state index < -0.39 is 0 Å². The number of alkyl halides is 2. The van der Waals surface area contributed by atoms with Gasteiger partial charge < -0.3 is 4.74 Å². The molecule has 0 fully saturated rings. The van der Waals surface area contributed by atoms with Crippen LogP contribution in [0.5, 0.6) is 5.75 Å². The van der Waals surface area contributed by atoms with E-state index >= 15 is 0 Å². The van der Waals surface area contributed by atoms with Crippen LogP contribution in [-0.4, -0.2) is 0 Å². The van der Waals surface area contributed by atoms with Gasteiger partial charge in [-0.05, 0) is 47.8 Å². The fourth-order valence-corrected chi connectivity index (χ4v) is 1.93. The Bertz CT molecular complexity index is 829. The summed E-state index contributed by atoms with van der Waals surface area (Å²) in [6.45, 7) is 1.97. The number of benzene rings is 1. The Labute approximate surface area is 141 Å². The molecule has 0 aliphatic carbocycles. The number of halogens is 2. The van der Waals surface area contributed by atoms with Crippen molar-refractivity contribution in [1.29, 1.82) is 0 Å². The highest BCUT2D eigenvalue weighted by molar-refractivity contribution is 6.17. The predicted octanol–water partition coefficient (Wildman–Crippen LogP) is 3.46. The molecule has 0 atom stereocenters. The summed E-state index contributed by atoms with van der Waals surface area (Å²) in [4.78, 5) is 0. The van der Waals surface area contributed by atoms with Crippen LogP contribution in [0.15, 0.2) is 12.1 Å². The summed E-state index contributed by atoms with van der Waals surface area (Å²) in [6, 6.07) is 3.76. The van der Waals surface area contributed by atoms with Crippen LogP contribution in [0, 0.1) is 66.8 Å². The first-order valence-electron chi connectivity index (χ1n) is 6.09. The van der Waals surface area contributed by atoms with E-state index in [0.717, 1.165) is 16.7 Å². The molecule has 0 amide bonds. The standard InChI is InChI=1S/C19H10Cl2O/c1-3-4-5-6-7-8-9-10-11-22-19-13-17(14-20)16(2)12-18(19)15-21/h1,12-13H,14-15H2,2H3. The van der Waals surface area contributed by atoms with Gasteiger partial charge in [0.25, 0.3) is 0 Å². The average Bonchev–Trinajstić information content (AvgIpc) is 2.54. The van der Waals surface area contributed by atoms with E-state index in [1.165, 1.54) is 0 Å². The lowest BCUT2D eigenvalue weighted by atomic mass is 10.1. The first-order valence-corrected chi connectivity index (χ1v) is 7.16. The Morgan fingerprint density at radius 3 is 2.09 bits per heavy atom. The van der Waals surface area contributed by atoms with Crippen LogP contribution >= 0.6 is 23.2 Å². The van der Waals surface area contributed by atoms with Gasteiger partial charge in [-0.15, -0.1) is 29.6 Å². The number of ether oxygens (including phenoxy) is 1. The summed E-state index contributed by atoms with van der Waals surface area (Å²) in [5, 5.41) is 0. The van der Waals surface area contributed by atoms with E-state index in [0.29, 0.717) is 17.5 Å². The molecule has 0 N–H and O–H groups in total. The van der Waals surface area contributed by atoms with Crippen molar-refractivity contribution < 1.29 is 4.74 Å². The second-order valence-electron chi connectivity index (χ2n) is 3.88. The molecule has 0 saturated carbocycles. The lowest BCUT2D eigenvalue weighted by molar-refractivity contribution is 0.514. The molecule has 0 aliphatic rings. The molecule has 106 valence electrons. The van der Waals surface area contributed by atoms with E-state index in [1.54, 1.807) is 0 Å². The fraction of sp³-hybridized carbons (Fsp3) is 0.158. The lowest BCUT2D eigenvalue weighted by Gasteiger charge is -2.09. The van der Waals surface area contributed by atoms with Crippen LogP contribution in [0.2, 0.25) is 0 Å². The van der Waals surface area contributed by atoms with Gasteiger partial charge in [0, 0.05) is 35.1 Å². The van der Waals surface area contributed by atoms with Gasteiger partial charge >= 0.3 is 0 Å². The number of rotatable bonds is 3. The average molecular weight is 325 g/mol. The van der Waals surface area contributed by atoms with Gasteiger partial charge in [-0.1, -0.05) is 6.07 Å². The van der Waals surface area contributed by atoms with Gasteiger partial charge in [0.1, 0.15) is 11.9 Å². The van der Waals surface area contributed by atoms with Crippen molar-refractivity contribution in [2.75, 3.05) is 0 Å². The molecule has 1 aromatic rings. The van der Waals surface area contributed by atoms with Crippen LogP contribution in [0.4, 0.5) is 0 Å². The lowest BCUT2D eigenvalue weighted by Crippen LogP contribution is -1.94. The molecule has 0 unspecified atom stereocenters. The summed E-state index contributed by atoms with van der Waals surface area (Å²) < 4.78 is 5.36. The molecular weight excluding hydrogens is 315 g/mol. The smallest absolute Gasteiger partial charge is 0.145 e. The third-order valence-corrected chi connectivity index (χ3v) is 3.04. The third kappa shape index (κ3) is 5.80. The number of aryl methyl sites for hydroxylation is 1. The normalized spacial score (nSPS) is 7.55. The van der Waals surface area contributed by atoms with Crippen LogP contribution in [0.25, 0.3) is 0 Å². The van der Waals surface area contributed by atoms with Gasteiger partial charge in [-0.2, -0.15) is 0 Å². The van der Waals surface area contributed by atoms with Crippen LogP contribution < -0.4 is 4.74 Å². The first-order chi connectivity index (χ1) is 10.7. The van der Waals surface area contributed by atoms with Crippen LogP contribution in [0.1, 0.15) is 16.7 Å². The van der Waals surface area contributed by atoms with Crippen molar-refractivity contribution in [3.63, 3.8) is 0 Å². The van der Waals surface area contributed by atoms with Gasteiger partial charge in [-0.3, -0.25) is 0 Å². The summed E-state index contributed by atoms with van der Waals surface area (Å²) in [5.74, 6) is 20.7. The summed E-state index contributed by atoms with van der Waals surface area (Å²) in [6.07, 6.45) is 7.42. The molecule has 22 heavy (non-hydrogen) atoms. The van der Waals surface area contributed by atoms with Crippen molar-refractivity contribution in [2.24, 2.45) is 0 Å². The molecule has 0 spiro atoms. The van der Waals surface area contributed by atoms with E-state index in [9.17, 15) is 0 Å². The summed E-state index contributed by atoms with van der Waals surface area (Å²) in [5.41, 5.74) is 2.88. The largest absolute Gasteiger partial charge is 0.406 e. The monoisotopic (exact) mass is 324 g/mol. The third-order valence-electron chi connectivity index (χ3n) is 2.47. The maximum Gasteiger partial charge on any atom is 0.145 e. The molecule has 1 aromatic carbocycles. The topological polar surface area (TPSA) is 9.23 Å². The highest BCUT2D eigenvalue weighted by Gasteiger charge is 2.07. The molecule has 1 rings (SSSR count). The Balaban J connectivity index is 2.81. The number of hydrogen-bond acceptors (Lipinski definition) is 1. The molecule has 0 aliphatic heterocycles. The summed E-state index contributed by atoms with van der Waals surface area (Å²) >= 11 is 11.8. The molecule has 0 saturated heterocycles. The minimum atomic E-state index is 0.325. The molecule has 1 nitrogen and oxygen atoms in total. The second-order valence-corrected chi connectivity index (χ2v) is 4.41. The predicted molar refractivity (Wildman–Crippen MR) is 90.9 cm³/mol. The molecular formula is C19H10Cl2O.